The molecular formula is C15H22O. The van der Waals surface area contributed by atoms with Gasteiger partial charge in [0.1, 0.15) is 0 Å². The summed E-state index contributed by atoms with van der Waals surface area (Å²) in [5.41, 5.74) is 1.63. The summed E-state index contributed by atoms with van der Waals surface area (Å²) >= 11 is 0. The van der Waals surface area contributed by atoms with Crippen molar-refractivity contribution in [2.45, 2.75) is 46.1 Å². The molecule has 2 atom stereocenters. The van der Waals surface area contributed by atoms with Crippen LogP contribution in [0.1, 0.15) is 44.7 Å². The van der Waals surface area contributed by atoms with Crippen LogP contribution >= 0.6 is 0 Å². The van der Waals surface area contributed by atoms with Gasteiger partial charge in [-0.25, -0.2) is 0 Å². The van der Waals surface area contributed by atoms with Gasteiger partial charge >= 0.3 is 0 Å². The fourth-order valence-electron chi connectivity index (χ4n) is 2.86. The maximum Gasteiger partial charge on any atom is 0.0949 e. The topological polar surface area (TPSA) is 20.2 Å². The van der Waals surface area contributed by atoms with Crippen molar-refractivity contribution in [2.75, 3.05) is 0 Å². The van der Waals surface area contributed by atoms with Crippen LogP contribution in [0.25, 0.3) is 0 Å². The molecule has 0 saturated heterocycles. The summed E-state index contributed by atoms with van der Waals surface area (Å²) < 4.78 is 0. The molecule has 1 aromatic rings. The van der Waals surface area contributed by atoms with E-state index in [0.717, 1.165) is 18.4 Å². The lowest BCUT2D eigenvalue weighted by molar-refractivity contribution is -0.0621. The van der Waals surface area contributed by atoms with Crippen LogP contribution in [0.3, 0.4) is 0 Å². The van der Waals surface area contributed by atoms with E-state index >= 15 is 0 Å². The van der Waals surface area contributed by atoms with Gasteiger partial charge in [-0.1, -0.05) is 50.6 Å². The molecule has 0 bridgehead atoms. The average Bonchev–Trinajstić information content (AvgIpc) is 2.44. The lowest BCUT2D eigenvalue weighted by Gasteiger charge is -2.40. The largest absolute Gasteiger partial charge is 0.385 e. The zero-order chi connectivity index (χ0) is 12.0. The number of hydrogen-bond acceptors (Lipinski definition) is 1. The molecule has 0 radical (unpaired) electrons. The second kappa shape index (κ2) is 3.59. The van der Waals surface area contributed by atoms with Gasteiger partial charge in [-0.15, -0.1) is 0 Å². The first-order valence-electron chi connectivity index (χ1n) is 6.17. The Balaban J connectivity index is 2.43. The van der Waals surface area contributed by atoms with E-state index in [1.165, 1.54) is 5.56 Å². The summed E-state index contributed by atoms with van der Waals surface area (Å²) in [4.78, 5) is 0. The fraction of sp³-hybridized carbons (Fsp3) is 0.600. The van der Waals surface area contributed by atoms with Crippen molar-refractivity contribution < 1.29 is 5.11 Å². The molecule has 1 nitrogen and oxygen atoms in total. The van der Waals surface area contributed by atoms with Crippen LogP contribution < -0.4 is 0 Å². The van der Waals surface area contributed by atoms with Crippen LogP contribution in [0.2, 0.25) is 0 Å². The SMILES string of the molecule is Cc1ccc([C@@]2(O)CC[C@H](C)C2(C)C)cc1. The van der Waals surface area contributed by atoms with Gasteiger partial charge in [-0.05, 0) is 31.2 Å². The molecule has 88 valence electrons. The predicted octanol–water partition coefficient (Wildman–Crippen LogP) is 3.64. The van der Waals surface area contributed by atoms with Crippen LogP contribution in [0.4, 0.5) is 0 Å². The monoisotopic (exact) mass is 218 g/mol. The van der Waals surface area contributed by atoms with E-state index < -0.39 is 5.60 Å². The normalized spacial score (nSPS) is 32.9. The van der Waals surface area contributed by atoms with Gasteiger partial charge in [0.2, 0.25) is 0 Å². The van der Waals surface area contributed by atoms with Crippen molar-refractivity contribution in [1.29, 1.82) is 0 Å². The Kier molecular flexibility index (Phi) is 2.62. The summed E-state index contributed by atoms with van der Waals surface area (Å²) in [6.45, 7) is 8.69. The summed E-state index contributed by atoms with van der Waals surface area (Å²) in [6.07, 6.45) is 1.99. The molecule has 16 heavy (non-hydrogen) atoms. The van der Waals surface area contributed by atoms with Crippen molar-refractivity contribution in [3.63, 3.8) is 0 Å². The van der Waals surface area contributed by atoms with Crippen molar-refractivity contribution in [3.8, 4) is 0 Å². The molecule has 2 rings (SSSR count). The number of benzene rings is 1. The van der Waals surface area contributed by atoms with Crippen molar-refractivity contribution in [3.05, 3.63) is 35.4 Å². The smallest absolute Gasteiger partial charge is 0.0949 e. The van der Waals surface area contributed by atoms with E-state index in [4.69, 9.17) is 0 Å². The molecule has 1 aromatic carbocycles. The van der Waals surface area contributed by atoms with Gasteiger partial charge in [0.15, 0.2) is 0 Å². The third-order valence-corrected chi connectivity index (χ3v) is 4.77. The Labute approximate surface area is 98.5 Å². The number of rotatable bonds is 1. The second-order valence-electron chi connectivity index (χ2n) is 5.89. The highest BCUT2D eigenvalue weighted by molar-refractivity contribution is 5.30. The number of aryl methyl sites for hydroxylation is 1. The molecule has 0 aromatic heterocycles. The third kappa shape index (κ3) is 1.49. The first-order valence-corrected chi connectivity index (χ1v) is 6.17. The Hall–Kier alpha value is -0.820. The lowest BCUT2D eigenvalue weighted by Crippen LogP contribution is -2.39. The van der Waals surface area contributed by atoms with Gasteiger partial charge in [0, 0.05) is 5.41 Å². The zero-order valence-electron chi connectivity index (χ0n) is 10.7. The van der Waals surface area contributed by atoms with E-state index in [9.17, 15) is 5.11 Å². The minimum atomic E-state index is -0.653. The van der Waals surface area contributed by atoms with Crippen LogP contribution in [0.5, 0.6) is 0 Å². The molecule has 0 heterocycles. The fourth-order valence-corrected chi connectivity index (χ4v) is 2.86. The molecule has 0 unspecified atom stereocenters. The Morgan fingerprint density at radius 2 is 1.75 bits per heavy atom. The number of hydrogen-bond donors (Lipinski definition) is 1. The quantitative estimate of drug-likeness (QED) is 0.763. The standard InChI is InChI=1S/C15H22O/c1-11-5-7-13(8-6-11)15(16)10-9-12(2)14(15,3)4/h5-8,12,16H,9-10H2,1-4H3/t12-,15-/m0/s1. The van der Waals surface area contributed by atoms with Gasteiger partial charge in [0.25, 0.3) is 0 Å². The van der Waals surface area contributed by atoms with Crippen LogP contribution in [-0.4, -0.2) is 5.11 Å². The molecule has 0 aliphatic heterocycles. The van der Waals surface area contributed by atoms with E-state index in [-0.39, 0.29) is 5.41 Å². The predicted molar refractivity (Wildman–Crippen MR) is 67.3 cm³/mol. The minimum absolute atomic E-state index is 0.0394. The van der Waals surface area contributed by atoms with Crippen molar-refractivity contribution in [2.24, 2.45) is 11.3 Å². The van der Waals surface area contributed by atoms with Gasteiger partial charge in [0.05, 0.1) is 5.60 Å². The van der Waals surface area contributed by atoms with E-state index in [0.29, 0.717) is 5.92 Å². The summed E-state index contributed by atoms with van der Waals surface area (Å²) in [5, 5.41) is 11.0. The van der Waals surface area contributed by atoms with Crippen molar-refractivity contribution in [1.82, 2.24) is 0 Å². The molecule has 1 heteroatoms. The zero-order valence-corrected chi connectivity index (χ0v) is 10.7. The van der Waals surface area contributed by atoms with Crippen LogP contribution in [0.15, 0.2) is 24.3 Å². The molecule has 0 amide bonds. The van der Waals surface area contributed by atoms with Gasteiger partial charge in [-0.2, -0.15) is 0 Å². The summed E-state index contributed by atoms with van der Waals surface area (Å²) in [5.74, 6) is 0.568. The maximum absolute atomic E-state index is 11.0. The highest BCUT2D eigenvalue weighted by Crippen LogP contribution is 2.55. The molecule has 0 spiro atoms. The average molecular weight is 218 g/mol. The van der Waals surface area contributed by atoms with Crippen LogP contribution in [-0.2, 0) is 5.60 Å². The highest BCUT2D eigenvalue weighted by atomic mass is 16.3. The Morgan fingerprint density at radius 3 is 2.19 bits per heavy atom. The minimum Gasteiger partial charge on any atom is -0.385 e. The third-order valence-electron chi connectivity index (χ3n) is 4.77. The molecule has 1 N–H and O–H groups in total. The first-order chi connectivity index (χ1) is 7.38. The number of aliphatic hydroxyl groups is 1. The summed E-state index contributed by atoms with van der Waals surface area (Å²) in [7, 11) is 0. The first kappa shape index (κ1) is 11.7. The Morgan fingerprint density at radius 1 is 1.19 bits per heavy atom. The molecule has 1 fully saturated rings. The molecular weight excluding hydrogens is 196 g/mol. The maximum atomic E-state index is 11.0. The van der Waals surface area contributed by atoms with Gasteiger partial charge in [-0.3, -0.25) is 0 Å². The van der Waals surface area contributed by atoms with E-state index in [1.807, 2.05) is 0 Å². The van der Waals surface area contributed by atoms with Gasteiger partial charge < -0.3 is 5.11 Å². The molecule has 1 saturated carbocycles. The van der Waals surface area contributed by atoms with Crippen LogP contribution in [0, 0.1) is 18.3 Å². The van der Waals surface area contributed by atoms with E-state index in [1.54, 1.807) is 0 Å². The van der Waals surface area contributed by atoms with Crippen molar-refractivity contribution >= 4 is 0 Å². The second-order valence-corrected chi connectivity index (χ2v) is 5.89. The highest BCUT2D eigenvalue weighted by Gasteiger charge is 2.52. The molecule has 1 aliphatic carbocycles. The van der Waals surface area contributed by atoms with E-state index in [2.05, 4.69) is 52.0 Å². The molecule has 1 aliphatic rings. The Bertz CT molecular complexity index is 377. The summed E-state index contributed by atoms with van der Waals surface area (Å²) in [6, 6.07) is 8.34. The lowest BCUT2D eigenvalue weighted by atomic mass is 9.70.